The molecular weight excluding hydrogens is 354 g/mol. The molecule has 7 nitrogen and oxygen atoms in total. The number of fused-ring (bicyclic) bond motifs is 4. The first-order chi connectivity index (χ1) is 13.5. The molecule has 3 aromatic rings. The second kappa shape index (κ2) is 6.22. The van der Waals surface area contributed by atoms with Crippen LogP contribution in [0, 0.1) is 5.92 Å². The summed E-state index contributed by atoms with van der Waals surface area (Å²) in [5, 5.41) is 0. The highest BCUT2D eigenvalue weighted by Crippen LogP contribution is 2.36. The lowest BCUT2D eigenvalue weighted by Gasteiger charge is -2.42. The van der Waals surface area contributed by atoms with E-state index in [-0.39, 0.29) is 17.4 Å². The average Bonchev–Trinajstić information content (AvgIpc) is 3.30. The number of aromatic nitrogens is 4. The van der Waals surface area contributed by atoms with Crippen LogP contribution in [0.5, 0.6) is 0 Å². The summed E-state index contributed by atoms with van der Waals surface area (Å²) in [6.45, 7) is 2.00. The van der Waals surface area contributed by atoms with Crippen LogP contribution in [0.2, 0.25) is 0 Å². The van der Waals surface area contributed by atoms with Crippen molar-refractivity contribution in [2.45, 2.75) is 18.9 Å². The van der Waals surface area contributed by atoms with Gasteiger partial charge in [0.25, 0.3) is 11.5 Å². The van der Waals surface area contributed by atoms with Gasteiger partial charge in [-0.3, -0.25) is 9.59 Å². The Bertz CT molecular complexity index is 1120. The number of carbonyl (C=O) groups excluding carboxylic acids is 1. The average molecular weight is 377 g/mol. The minimum atomic E-state index is 0.0173. The molecule has 0 aliphatic carbocycles. The van der Waals surface area contributed by atoms with Gasteiger partial charge in [-0.05, 0) is 36.6 Å². The Hall–Kier alpha value is -3.09. The summed E-state index contributed by atoms with van der Waals surface area (Å²) < 4.78 is 5.64. The van der Waals surface area contributed by atoms with Gasteiger partial charge in [-0.2, -0.15) is 0 Å². The molecule has 144 valence electrons. The Balaban J connectivity index is 1.49. The molecule has 0 radical (unpaired) electrons. The summed E-state index contributed by atoms with van der Waals surface area (Å²) in [6, 6.07) is 7.69. The number of aryl methyl sites for hydroxylation is 2. The van der Waals surface area contributed by atoms with Crippen molar-refractivity contribution in [2.75, 3.05) is 13.1 Å². The van der Waals surface area contributed by atoms with E-state index in [0.29, 0.717) is 42.6 Å². The number of carbonyl (C=O) groups is 1. The normalized spacial score (nSPS) is 20.9. The van der Waals surface area contributed by atoms with Crippen molar-refractivity contribution in [3.63, 3.8) is 0 Å². The predicted molar refractivity (Wildman–Crippen MR) is 105 cm³/mol. The first kappa shape index (κ1) is 17.0. The van der Waals surface area contributed by atoms with Crippen LogP contribution >= 0.6 is 0 Å². The lowest BCUT2D eigenvalue weighted by molar-refractivity contribution is 0.0585. The van der Waals surface area contributed by atoms with Crippen LogP contribution in [-0.4, -0.2) is 42.6 Å². The number of amides is 1. The SMILES string of the molecule is Cn1cccc1C(=O)N1C[C@@H]2C[C@H](C1)c1ccc(-c3nccn3C)c(=O)n1C2. The van der Waals surface area contributed by atoms with Gasteiger partial charge < -0.3 is 18.6 Å². The maximum atomic E-state index is 13.2. The van der Waals surface area contributed by atoms with Gasteiger partial charge >= 0.3 is 0 Å². The number of piperidine rings is 1. The topological polar surface area (TPSA) is 65.1 Å². The van der Waals surface area contributed by atoms with Crippen LogP contribution in [0.15, 0.2) is 47.7 Å². The summed E-state index contributed by atoms with van der Waals surface area (Å²) >= 11 is 0. The molecule has 28 heavy (non-hydrogen) atoms. The molecule has 2 aliphatic rings. The van der Waals surface area contributed by atoms with E-state index in [4.69, 9.17) is 0 Å². The Labute approximate surface area is 162 Å². The maximum Gasteiger partial charge on any atom is 0.270 e. The smallest absolute Gasteiger partial charge is 0.270 e. The van der Waals surface area contributed by atoms with Crippen LogP contribution < -0.4 is 5.56 Å². The molecule has 2 atom stereocenters. The second-order valence-corrected chi connectivity index (χ2v) is 7.96. The van der Waals surface area contributed by atoms with Gasteiger partial charge in [0.15, 0.2) is 0 Å². The van der Waals surface area contributed by atoms with Crippen molar-refractivity contribution in [1.29, 1.82) is 0 Å². The van der Waals surface area contributed by atoms with Crippen LogP contribution in [0.4, 0.5) is 0 Å². The van der Waals surface area contributed by atoms with E-state index in [0.717, 1.165) is 12.1 Å². The standard InChI is InChI=1S/C21H23N5O2/c1-23-8-3-4-18(23)21(28)25-11-14-10-15(13-25)17-6-5-16(20(27)26(17)12-14)19-22-7-9-24(19)2/h3-9,14-15H,10-13H2,1-2H3/t14-,15+/m0/s1. The molecule has 0 saturated carbocycles. The molecule has 1 saturated heterocycles. The molecule has 1 fully saturated rings. The van der Waals surface area contributed by atoms with E-state index >= 15 is 0 Å². The highest BCUT2D eigenvalue weighted by Gasteiger charge is 2.37. The summed E-state index contributed by atoms with van der Waals surface area (Å²) in [7, 11) is 3.79. The first-order valence-electron chi connectivity index (χ1n) is 9.65. The Morgan fingerprint density at radius 3 is 2.64 bits per heavy atom. The quantitative estimate of drug-likeness (QED) is 0.685. The highest BCUT2D eigenvalue weighted by atomic mass is 16.2. The molecule has 7 heteroatoms. The molecule has 0 spiro atoms. The van der Waals surface area contributed by atoms with Crippen LogP contribution in [0.1, 0.15) is 28.5 Å². The molecule has 0 aromatic carbocycles. The van der Waals surface area contributed by atoms with Crippen molar-refractivity contribution in [1.82, 2.24) is 23.6 Å². The van der Waals surface area contributed by atoms with E-state index in [1.165, 1.54) is 0 Å². The van der Waals surface area contributed by atoms with E-state index in [1.807, 2.05) is 69.4 Å². The molecule has 2 bridgehead atoms. The Morgan fingerprint density at radius 1 is 1.07 bits per heavy atom. The van der Waals surface area contributed by atoms with Crippen molar-refractivity contribution in [3.8, 4) is 11.4 Å². The van der Waals surface area contributed by atoms with E-state index in [2.05, 4.69) is 4.98 Å². The predicted octanol–water partition coefficient (Wildman–Crippen LogP) is 1.85. The maximum absolute atomic E-state index is 13.2. The van der Waals surface area contributed by atoms with Crippen molar-refractivity contribution in [2.24, 2.45) is 20.0 Å². The largest absolute Gasteiger partial charge is 0.347 e. The number of hydrogen-bond donors (Lipinski definition) is 0. The van der Waals surface area contributed by atoms with Crippen LogP contribution in [-0.2, 0) is 20.6 Å². The fourth-order valence-corrected chi connectivity index (χ4v) is 4.75. The fraction of sp³-hybridized carbons (Fsp3) is 0.381. The third-order valence-electron chi connectivity index (χ3n) is 6.12. The third-order valence-corrected chi connectivity index (χ3v) is 6.12. The summed E-state index contributed by atoms with van der Waals surface area (Å²) in [6.07, 6.45) is 6.48. The van der Waals surface area contributed by atoms with Crippen molar-refractivity contribution >= 4 is 5.91 Å². The zero-order valence-corrected chi connectivity index (χ0v) is 16.1. The zero-order chi connectivity index (χ0) is 19.4. The fourth-order valence-electron chi connectivity index (χ4n) is 4.75. The minimum absolute atomic E-state index is 0.0173. The zero-order valence-electron chi connectivity index (χ0n) is 16.1. The van der Waals surface area contributed by atoms with Gasteiger partial charge in [0, 0.05) is 63.9 Å². The summed E-state index contributed by atoms with van der Waals surface area (Å²) in [4.78, 5) is 32.4. The van der Waals surface area contributed by atoms with Gasteiger partial charge in [0.2, 0.25) is 0 Å². The minimum Gasteiger partial charge on any atom is -0.347 e. The van der Waals surface area contributed by atoms with Gasteiger partial charge in [0.1, 0.15) is 11.5 Å². The molecule has 1 amide bonds. The molecular formula is C21H23N5O2. The van der Waals surface area contributed by atoms with Crippen LogP contribution in [0.3, 0.4) is 0 Å². The number of imidazole rings is 1. The van der Waals surface area contributed by atoms with E-state index < -0.39 is 0 Å². The number of nitrogens with zero attached hydrogens (tertiary/aromatic N) is 5. The van der Waals surface area contributed by atoms with E-state index in [1.54, 1.807) is 6.20 Å². The van der Waals surface area contributed by atoms with Crippen molar-refractivity contribution in [3.05, 3.63) is 64.6 Å². The molecule has 0 N–H and O–H groups in total. The lowest BCUT2D eigenvalue weighted by Crippen LogP contribution is -2.49. The van der Waals surface area contributed by atoms with Gasteiger partial charge in [-0.1, -0.05) is 0 Å². The number of likely N-dealkylation sites (tertiary alicyclic amines) is 1. The molecule has 2 aliphatic heterocycles. The summed E-state index contributed by atoms with van der Waals surface area (Å²) in [5.41, 5.74) is 2.39. The van der Waals surface area contributed by atoms with Gasteiger partial charge in [0.05, 0.1) is 5.56 Å². The Morgan fingerprint density at radius 2 is 1.93 bits per heavy atom. The monoisotopic (exact) mass is 377 g/mol. The molecule has 0 unspecified atom stereocenters. The lowest BCUT2D eigenvalue weighted by atomic mass is 9.83. The first-order valence-corrected chi connectivity index (χ1v) is 9.65. The molecule has 5 heterocycles. The summed E-state index contributed by atoms with van der Waals surface area (Å²) in [5.74, 6) is 1.25. The number of rotatable bonds is 2. The highest BCUT2D eigenvalue weighted by molar-refractivity contribution is 5.92. The van der Waals surface area contributed by atoms with E-state index in [9.17, 15) is 9.59 Å². The van der Waals surface area contributed by atoms with Gasteiger partial charge in [-0.25, -0.2) is 4.98 Å². The second-order valence-electron chi connectivity index (χ2n) is 7.96. The van der Waals surface area contributed by atoms with Crippen molar-refractivity contribution < 1.29 is 4.79 Å². The molecule has 5 rings (SSSR count). The number of pyridine rings is 1. The third kappa shape index (κ3) is 2.53. The molecule has 3 aromatic heterocycles. The Kier molecular flexibility index (Phi) is 3.79. The number of hydrogen-bond acceptors (Lipinski definition) is 3. The van der Waals surface area contributed by atoms with Crippen LogP contribution in [0.25, 0.3) is 11.4 Å². The van der Waals surface area contributed by atoms with Gasteiger partial charge in [-0.15, -0.1) is 0 Å².